The van der Waals surface area contributed by atoms with Gasteiger partial charge in [0.1, 0.15) is 0 Å². The van der Waals surface area contributed by atoms with E-state index in [1.807, 2.05) is 23.1 Å². The van der Waals surface area contributed by atoms with Gasteiger partial charge in [0.2, 0.25) is 11.8 Å². The molecule has 1 saturated heterocycles. The number of benzene rings is 1. The third-order valence-corrected chi connectivity index (χ3v) is 3.34. The molecule has 2 aliphatic heterocycles. The van der Waals surface area contributed by atoms with Crippen LogP contribution < -0.4 is 5.32 Å². The van der Waals surface area contributed by atoms with Crippen molar-refractivity contribution in [3.63, 3.8) is 0 Å². The minimum Gasteiger partial charge on any atom is -0.338 e. The van der Waals surface area contributed by atoms with Gasteiger partial charge in [-0.3, -0.25) is 9.59 Å². The first-order chi connectivity index (χ1) is 8.22. The van der Waals surface area contributed by atoms with E-state index in [9.17, 15) is 9.59 Å². The van der Waals surface area contributed by atoms with Crippen molar-refractivity contribution in [2.45, 2.75) is 25.8 Å². The van der Waals surface area contributed by atoms with Crippen LogP contribution in [0, 0.1) is 0 Å². The van der Waals surface area contributed by atoms with E-state index in [1.165, 1.54) is 0 Å². The average Bonchev–Trinajstić information content (AvgIpc) is 2.84. The van der Waals surface area contributed by atoms with Crippen molar-refractivity contribution in [1.29, 1.82) is 0 Å². The summed E-state index contributed by atoms with van der Waals surface area (Å²) in [5, 5.41) is 2.81. The molecule has 1 fully saturated rings. The lowest BCUT2D eigenvalue weighted by Crippen LogP contribution is -2.23. The molecule has 0 aliphatic carbocycles. The first kappa shape index (κ1) is 10.3. The monoisotopic (exact) mass is 230 g/mol. The zero-order chi connectivity index (χ0) is 11.8. The van der Waals surface area contributed by atoms with Gasteiger partial charge in [0.25, 0.3) is 0 Å². The maximum Gasteiger partial charge on any atom is 0.228 e. The first-order valence-corrected chi connectivity index (χ1v) is 5.92. The molecule has 2 aliphatic rings. The zero-order valence-electron chi connectivity index (χ0n) is 9.53. The zero-order valence-corrected chi connectivity index (χ0v) is 9.53. The molecular weight excluding hydrogens is 216 g/mol. The van der Waals surface area contributed by atoms with E-state index in [2.05, 4.69) is 5.32 Å². The van der Waals surface area contributed by atoms with Gasteiger partial charge in [0, 0.05) is 25.2 Å². The second-order valence-electron chi connectivity index (χ2n) is 4.64. The Morgan fingerprint density at radius 1 is 1.29 bits per heavy atom. The van der Waals surface area contributed by atoms with Crippen LogP contribution in [0.5, 0.6) is 0 Å². The van der Waals surface area contributed by atoms with Crippen molar-refractivity contribution < 1.29 is 9.59 Å². The van der Waals surface area contributed by atoms with Crippen molar-refractivity contribution in [2.24, 2.45) is 0 Å². The van der Waals surface area contributed by atoms with Gasteiger partial charge in [0.15, 0.2) is 0 Å². The Hall–Kier alpha value is -1.84. The molecule has 2 amide bonds. The summed E-state index contributed by atoms with van der Waals surface area (Å²) in [6.45, 7) is 1.52. The standard InChI is InChI=1S/C13H14N2O2/c16-12-7-10-6-9(3-4-11(10)14-12)8-15-5-1-2-13(15)17/h3-4,6H,1-2,5,7-8H2,(H,14,16). The molecule has 0 aromatic heterocycles. The first-order valence-electron chi connectivity index (χ1n) is 5.92. The van der Waals surface area contributed by atoms with E-state index in [4.69, 9.17) is 0 Å². The molecule has 17 heavy (non-hydrogen) atoms. The van der Waals surface area contributed by atoms with Crippen LogP contribution >= 0.6 is 0 Å². The molecule has 0 radical (unpaired) electrons. The van der Waals surface area contributed by atoms with Gasteiger partial charge in [-0.05, 0) is 23.6 Å². The molecule has 1 N–H and O–H groups in total. The number of nitrogens with one attached hydrogen (secondary N) is 1. The quantitative estimate of drug-likeness (QED) is 0.832. The third kappa shape index (κ3) is 1.90. The Morgan fingerprint density at radius 3 is 2.94 bits per heavy atom. The molecule has 4 heteroatoms. The van der Waals surface area contributed by atoms with E-state index in [-0.39, 0.29) is 11.8 Å². The fourth-order valence-electron chi connectivity index (χ4n) is 2.47. The highest BCUT2D eigenvalue weighted by molar-refractivity contribution is 5.99. The SMILES string of the molecule is O=C1Cc2cc(CN3CCCC3=O)ccc2N1. The van der Waals surface area contributed by atoms with E-state index in [1.54, 1.807) is 0 Å². The smallest absolute Gasteiger partial charge is 0.228 e. The summed E-state index contributed by atoms with van der Waals surface area (Å²) >= 11 is 0. The van der Waals surface area contributed by atoms with Crippen LogP contribution in [0.25, 0.3) is 0 Å². The minimum absolute atomic E-state index is 0.0504. The summed E-state index contributed by atoms with van der Waals surface area (Å²) in [7, 11) is 0. The summed E-state index contributed by atoms with van der Waals surface area (Å²) < 4.78 is 0. The second-order valence-corrected chi connectivity index (χ2v) is 4.64. The van der Waals surface area contributed by atoms with Crippen LogP contribution in [0.3, 0.4) is 0 Å². The molecule has 4 nitrogen and oxygen atoms in total. The minimum atomic E-state index is 0.0504. The van der Waals surface area contributed by atoms with Crippen molar-refractivity contribution in [1.82, 2.24) is 4.90 Å². The van der Waals surface area contributed by atoms with Gasteiger partial charge in [-0.2, -0.15) is 0 Å². The number of amides is 2. The van der Waals surface area contributed by atoms with E-state index >= 15 is 0 Å². The number of nitrogens with zero attached hydrogens (tertiary/aromatic N) is 1. The molecule has 88 valence electrons. The molecule has 2 heterocycles. The van der Waals surface area contributed by atoms with E-state index < -0.39 is 0 Å². The van der Waals surface area contributed by atoms with Gasteiger partial charge >= 0.3 is 0 Å². The van der Waals surface area contributed by atoms with Gasteiger partial charge < -0.3 is 10.2 Å². The Balaban J connectivity index is 1.79. The van der Waals surface area contributed by atoms with Crippen LogP contribution in [-0.2, 0) is 22.6 Å². The van der Waals surface area contributed by atoms with Crippen LogP contribution in [0.2, 0.25) is 0 Å². The number of hydrogen-bond acceptors (Lipinski definition) is 2. The van der Waals surface area contributed by atoms with Gasteiger partial charge in [-0.1, -0.05) is 12.1 Å². The predicted molar refractivity (Wildman–Crippen MR) is 63.4 cm³/mol. The lowest BCUT2D eigenvalue weighted by molar-refractivity contribution is -0.128. The molecule has 0 saturated carbocycles. The summed E-state index contributed by atoms with van der Waals surface area (Å²) in [5.74, 6) is 0.286. The summed E-state index contributed by atoms with van der Waals surface area (Å²) in [4.78, 5) is 24.6. The molecule has 0 atom stereocenters. The highest BCUT2D eigenvalue weighted by atomic mass is 16.2. The summed E-state index contributed by atoms with van der Waals surface area (Å²) in [5.41, 5.74) is 3.06. The topological polar surface area (TPSA) is 49.4 Å². The second kappa shape index (κ2) is 3.87. The Bertz CT molecular complexity index is 496. The highest BCUT2D eigenvalue weighted by Gasteiger charge is 2.22. The number of hydrogen-bond donors (Lipinski definition) is 1. The summed E-state index contributed by atoms with van der Waals surface area (Å²) in [6.07, 6.45) is 2.09. The number of carbonyl (C=O) groups excluding carboxylic acids is 2. The number of fused-ring (bicyclic) bond motifs is 1. The third-order valence-electron chi connectivity index (χ3n) is 3.34. The fourth-order valence-corrected chi connectivity index (χ4v) is 2.47. The number of rotatable bonds is 2. The lowest BCUT2D eigenvalue weighted by atomic mass is 10.1. The molecular formula is C13H14N2O2. The van der Waals surface area contributed by atoms with Crippen molar-refractivity contribution in [3.05, 3.63) is 29.3 Å². The van der Waals surface area contributed by atoms with Gasteiger partial charge in [-0.25, -0.2) is 0 Å². The largest absolute Gasteiger partial charge is 0.338 e. The van der Waals surface area contributed by atoms with Gasteiger partial charge in [0.05, 0.1) is 6.42 Å². The Kier molecular flexibility index (Phi) is 2.35. The Morgan fingerprint density at radius 2 is 2.18 bits per heavy atom. The van der Waals surface area contributed by atoms with Crippen LogP contribution in [-0.4, -0.2) is 23.3 Å². The number of likely N-dealkylation sites (tertiary alicyclic amines) is 1. The van der Waals surface area contributed by atoms with Crippen molar-refractivity contribution >= 4 is 17.5 Å². The molecule has 3 rings (SSSR count). The normalized spacial score (nSPS) is 18.5. The molecule has 0 unspecified atom stereocenters. The Labute approximate surface area is 99.6 Å². The average molecular weight is 230 g/mol. The predicted octanol–water partition coefficient (Wildman–Crippen LogP) is 1.30. The lowest BCUT2D eigenvalue weighted by Gasteiger charge is -2.15. The molecule has 0 bridgehead atoms. The van der Waals surface area contributed by atoms with E-state index in [0.717, 1.165) is 29.8 Å². The van der Waals surface area contributed by atoms with E-state index in [0.29, 0.717) is 19.4 Å². The highest BCUT2D eigenvalue weighted by Crippen LogP contribution is 2.25. The summed E-state index contributed by atoms with van der Waals surface area (Å²) in [6, 6.07) is 5.94. The van der Waals surface area contributed by atoms with Crippen molar-refractivity contribution in [2.75, 3.05) is 11.9 Å². The number of carbonyl (C=O) groups is 2. The number of anilines is 1. The van der Waals surface area contributed by atoms with Crippen LogP contribution in [0.4, 0.5) is 5.69 Å². The maximum absolute atomic E-state index is 11.5. The van der Waals surface area contributed by atoms with Gasteiger partial charge in [-0.15, -0.1) is 0 Å². The molecule has 0 spiro atoms. The fraction of sp³-hybridized carbons (Fsp3) is 0.385. The van der Waals surface area contributed by atoms with Crippen LogP contribution in [0.1, 0.15) is 24.0 Å². The molecule has 1 aromatic carbocycles. The van der Waals surface area contributed by atoms with Crippen molar-refractivity contribution in [3.8, 4) is 0 Å². The van der Waals surface area contributed by atoms with Crippen LogP contribution in [0.15, 0.2) is 18.2 Å². The molecule has 1 aromatic rings. The maximum atomic E-state index is 11.5.